The highest BCUT2D eigenvalue weighted by atomic mass is 16.1. The van der Waals surface area contributed by atoms with Gasteiger partial charge in [0.2, 0.25) is 0 Å². The second-order valence-corrected chi connectivity index (χ2v) is 14.0. The number of hydrogen-bond acceptors (Lipinski definition) is 3. The summed E-state index contributed by atoms with van der Waals surface area (Å²) in [5, 5.41) is 0. The molecule has 240 valence electrons. The summed E-state index contributed by atoms with van der Waals surface area (Å²) in [5.41, 5.74) is 5.47. The minimum atomic E-state index is 0.296. The number of hydrogen-bond donors (Lipinski definition) is 0. The molecule has 3 heteroatoms. The number of Topliss-reactive ketones (excluding diaryl/α,β-unsaturated/α-hetero) is 3. The van der Waals surface area contributed by atoms with E-state index in [9.17, 15) is 14.4 Å². The van der Waals surface area contributed by atoms with E-state index in [-0.39, 0.29) is 0 Å². The minimum absolute atomic E-state index is 0.296. The zero-order valence-corrected chi connectivity index (χ0v) is 27.8. The van der Waals surface area contributed by atoms with Gasteiger partial charge in [-0.15, -0.1) is 0 Å². The Hall–Kier alpha value is -2.55. The molecule has 4 rings (SSSR count). The zero-order chi connectivity index (χ0) is 31.1. The molecule has 0 bridgehead atoms. The Kier molecular flexibility index (Phi) is 14.4. The van der Waals surface area contributed by atoms with Crippen LogP contribution in [0.3, 0.4) is 0 Å². The largest absolute Gasteiger partial charge is 0.300 e. The molecule has 0 saturated heterocycles. The molecule has 0 N–H and O–H groups in total. The first kappa shape index (κ1) is 34.3. The Labute approximate surface area is 268 Å². The van der Waals surface area contributed by atoms with E-state index in [0.29, 0.717) is 53.9 Å². The summed E-state index contributed by atoms with van der Waals surface area (Å²) in [4.78, 5) is 37.3. The van der Waals surface area contributed by atoms with E-state index < -0.39 is 0 Å². The first-order chi connectivity index (χ1) is 21.5. The van der Waals surface area contributed by atoms with Crippen LogP contribution >= 0.6 is 0 Å². The lowest BCUT2D eigenvalue weighted by molar-refractivity contribution is -0.124. The average molecular weight is 599 g/mol. The maximum absolute atomic E-state index is 12.6. The molecule has 0 aromatic heterocycles. The van der Waals surface area contributed by atoms with Crippen LogP contribution in [-0.4, -0.2) is 17.3 Å². The van der Waals surface area contributed by atoms with Crippen LogP contribution in [0, 0.1) is 11.8 Å². The van der Waals surface area contributed by atoms with Crippen LogP contribution in [0.2, 0.25) is 0 Å². The van der Waals surface area contributed by atoms with Crippen LogP contribution in [0.1, 0.15) is 164 Å². The number of carbonyl (C=O) groups is 3. The van der Waals surface area contributed by atoms with Crippen LogP contribution in [-0.2, 0) is 27.2 Å². The number of aryl methyl sites for hydroxylation is 2. The van der Waals surface area contributed by atoms with E-state index in [1.165, 1.54) is 22.3 Å². The van der Waals surface area contributed by atoms with Crippen molar-refractivity contribution in [3.63, 3.8) is 0 Å². The second kappa shape index (κ2) is 18.4. The average Bonchev–Trinajstić information content (AvgIpc) is 3.07. The van der Waals surface area contributed by atoms with Crippen molar-refractivity contribution in [1.82, 2.24) is 0 Å². The van der Waals surface area contributed by atoms with Crippen molar-refractivity contribution >= 4 is 17.3 Å². The molecule has 2 aromatic carbocycles. The summed E-state index contributed by atoms with van der Waals surface area (Å²) in [6, 6.07) is 18.1. The highest BCUT2D eigenvalue weighted by Crippen LogP contribution is 2.38. The summed E-state index contributed by atoms with van der Waals surface area (Å²) in [7, 11) is 0. The van der Waals surface area contributed by atoms with Crippen molar-refractivity contribution in [2.75, 3.05) is 0 Å². The number of unbranched alkanes of at least 4 members (excludes halogenated alkanes) is 2. The maximum Gasteiger partial charge on any atom is 0.135 e. The van der Waals surface area contributed by atoms with Crippen molar-refractivity contribution in [1.29, 1.82) is 0 Å². The fourth-order valence-electron chi connectivity index (χ4n) is 7.63. The lowest BCUT2D eigenvalue weighted by Gasteiger charge is -2.28. The fourth-order valence-corrected chi connectivity index (χ4v) is 7.63. The predicted molar refractivity (Wildman–Crippen MR) is 182 cm³/mol. The monoisotopic (exact) mass is 598 g/mol. The van der Waals surface area contributed by atoms with E-state index in [1.807, 2.05) is 0 Å². The van der Waals surface area contributed by atoms with Crippen LogP contribution in [0.15, 0.2) is 48.5 Å². The molecule has 2 aliphatic rings. The van der Waals surface area contributed by atoms with Gasteiger partial charge in [0.1, 0.15) is 17.3 Å². The molecule has 0 radical (unpaired) electrons. The molecular formula is C41H58O3. The SMILES string of the molecule is CCCCC(=O)C1CCC(c2ccc(CCCC(=O)CCCc3ccc(C4CCC(C(=O)CCCC)CC4)cc3)cc2)CC1. The Morgan fingerprint density at radius 1 is 0.500 bits per heavy atom. The number of carbonyl (C=O) groups excluding carboxylic acids is 3. The molecule has 2 saturated carbocycles. The van der Waals surface area contributed by atoms with Gasteiger partial charge in [0, 0.05) is 37.5 Å². The van der Waals surface area contributed by atoms with Crippen LogP contribution in [0.5, 0.6) is 0 Å². The molecule has 3 nitrogen and oxygen atoms in total. The van der Waals surface area contributed by atoms with Gasteiger partial charge >= 0.3 is 0 Å². The van der Waals surface area contributed by atoms with Gasteiger partial charge in [-0.2, -0.15) is 0 Å². The molecule has 2 aromatic rings. The normalized spacial score (nSPS) is 22.0. The van der Waals surface area contributed by atoms with E-state index in [0.717, 1.165) is 116 Å². The highest BCUT2D eigenvalue weighted by molar-refractivity contribution is 5.81. The number of benzene rings is 2. The Morgan fingerprint density at radius 2 is 0.864 bits per heavy atom. The van der Waals surface area contributed by atoms with Crippen molar-refractivity contribution in [3.05, 3.63) is 70.8 Å². The first-order valence-corrected chi connectivity index (χ1v) is 18.2. The van der Waals surface area contributed by atoms with Gasteiger partial charge in [0.25, 0.3) is 0 Å². The molecule has 0 heterocycles. The number of rotatable bonds is 18. The van der Waals surface area contributed by atoms with Gasteiger partial charge in [-0.3, -0.25) is 14.4 Å². The fraction of sp³-hybridized carbons (Fsp3) is 0.634. The molecule has 0 unspecified atom stereocenters. The predicted octanol–water partition coefficient (Wildman–Crippen LogP) is 10.7. The Bertz CT molecular complexity index is 1050. The Morgan fingerprint density at radius 3 is 1.20 bits per heavy atom. The molecule has 0 aliphatic heterocycles. The highest BCUT2D eigenvalue weighted by Gasteiger charge is 2.27. The second-order valence-electron chi connectivity index (χ2n) is 14.0. The molecule has 0 atom stereocenters. The maximum atomic E-state index is 12.6. The van der Waals surface area contributed by atoms with Crippen molar-refractivity contribution in [2.45, 2.75) is 154 Å². The third kappa shape index (κ3) is 10.8. The summed E-state index contributed by atoms with van der Waals surface area (Å²) < 4.78 is 0. The van der Waals surface area contributed by atoms with Gasteiger partial charge in [0.05, 0.1) is 0 Å². The Balaban J connectivity index is 1.08. The minimum Gasteiger partial charge on any atom is -0.300 e. The van der Waals surface area contributed by atoms with Gasteiger partial charge in [-0.05, 0) is 124 Å². The van der Waals surface area contributed by atoms with Crippen molar-refractivity contribution in [2.24, 2.45) is 11.8 Å². The molecule has 44 heavy (non-hydrogen) atoms. The molecular weight excluding hydrogens is 540 g/mol. The summed E-state index contributed by atoms with van der Waals surface area (Å²) in [5.74, 6) is 3.13. The van der Waals surface area contributed by atoms with Gasteiger partial charge in [-0.1, -0.05) is 75.2 Å². The van der Waals surface area contributed by atoms with Crippen molar-refractivity contribution in [3.8, 4) is 0 Å². The third-order valence-electron chi connectivity index (χ3n) is 10.7. The van der Waals surface area contributed by atoms with E-state index in [1.54, 1.807) is 0 Å². The van der Waals surface area contributed by atoms with Gasteiger partial charge in [-0.25, -0.2) is 0 Å². The van der Waals surface area contributed by atoms with E-state index in [4.69, 9.17) is 0 Å². The summed E-state index contributed by atoms with van der Waals surface area (Å²) in [6.07, 6.45) is 19.6. The van der Waals surface area contributed by atoms with Crippen molar-refractivity contribution < 1.29 is 14.4 Å². The molecule has 0 amide bonds. The molecule has 2 fully saturated rings. The molecule has 0 spiro atoms. The zero-order valence-electron chi connectivity index (χ0n) is 27.8. The standard InChI is InChI=1S/C41H58O3/c1-3-5-13-40(43)37-27-23-35(24-28-37)33-19-15-31(16-20-33)9-7-11-39(42)12-8-10-32-17-21-34(22-18-32)36-25-29-38(30-26-36)41(44)14-6-4-2/h15-22,35-38H,3-14,23-30H2,1-2H3. The first-order valence-electron chi connectivity index (χ1n) is 18.2. The third-order valence-corrected chi connectivity index (χ3v) is 10.7. The smallest absolute Gasteiger partial charge is 0.135 e. The van der Waals surface area contributed by atoms with Gasteiger partial charge < -0.3 is 0 Å². The quantitative estimate of drug-likeness (QED) is 0.171. The lowest BCUT2D eigenvalue weighted by atomic mass is 9.76. The summed E-state index contributed by atoms with van der Waals surface area (Å²) >= 11 is 0. The lowest BCUT2D eigenvalue weighted by Crippen LogP contribution is -2.21. The number of ketones is 3. The van der Waals surface area contributed by atoms with Crippen LogP contribution < -0.4 is 0 Å². The van der Waals surface area contributed by atoms with Gasteiger partial charge in [0.15, 0.2) is 0 Å². The van der Waals surface area contributed by atoms with Crippen LogP contribution in [0.25, 0.3) is 0 Å². The van der Waals surface area contributed by atoms with E-state index in [2.05, 4.69) is 62.4 Å². The topological polar surface area (TPSA) is 51.2 Å². The van der Waals surface area contributed by atoms with E-state index >= 15 is 0 Å². The molecule has 2 aliphatic carbocycles. The summed E-state index contributed by atoms with van der Waals surface area (Å²) in [6.45, 7) is 4.31. The van der Waals surface area contributed by atoms with Crippen LogP contribution in [0.4, 0.5) is 0 Å².